The van der Waals surface area contributed by atoms with Crippen molar-refractivity contribution < 1.29 is 9.59 Å². The van der Waals surface area contributed by atoms with Gasteiger partial charge >= 0.3 is 0 Å². The van der Waals surface area contributed by atoms with Crippen LogP contribution in [0.3, 0.4) is 0 Å². The second-order valence-electron chi connectivity index (χ2n) is 5.87. The lowest BCUT2D eigenvalue weighted by Gasteiger charge is -2.12. The Morgan fingerprint density at radius 2 is 1.58 bits per heavy atom. The maximum Gasteiger partial charge on any atom is 0.261 e. The van der Waals surface area contributed by atoms with E-state index in [1.54, 1.807) is 47.4 Å². The third-order valence-electron chi connectivity index (χ3n) is 4.16. The summed E-state index contributed by atoms with van der Waals surface area (Å²) in [6.07, 6.45) is 0. The largest absolute Gasteiger partial charge is 0.274 e. The van der Waals surface area contributed by atoms with Gasteiger partial charge in [0.15, 0.2) is 0 Å². The third-order valence-corrected chi connectivity index (χ3v) is 6.07. The zero-order chi connectivity index (χ0) is 17.9. The first-order valence-electron chi connectivity index (χ1n) is 8.27. The maximum absolute atomic E-state index is 12.3. The summed E-state index contributed by atoms with van der Waals surface area (Å²) in [5, 5.41) is 3.08. The van der Waals surface area contributed by atoms with Crippen molar-refractivity contribution in [1.29, 1.82) is 0 Å². The summed E-state index contributed by atoms with van der Waals surface area (Å²) in [7, 11) is 0. The Kier molecular flexibility index (Phi) is 4.86. The number of thiazole rings is 1. The monoisotopic (exact) mass is 380 g/mol. The van der Waals surface area contributed by atoms with Crippen LogP contribution >= 0.6 is 23.1 Å². The highest BCUT2D eigenvalue weighted by molar-refractivity contribution is 7.98. The molecular formula is C20H16N2O2S2. The van der Waals surface area contributed by atoms with E-state index in [1.807, 2.05) is 18.2 Å². The summed E-state index contributed by atoms with van der Waals surface area (Å²) in [6.45, 7) is 0.423. The third kappa shape index (κ3) is 3.30. The van der Waals surface area contributed by atoms with Gasteiger partial charge in [-0.05, 0) is 12.1 Å². The van der Waals surface area contributed by atoms with Crippen molar-refractivity contribution in [3.05, 3.63) is 76.8 Å². The molecule has 4 rings (SSSR count). The molecule has 2 amide bonds. The van der Waals surface area contributed by atoms with Gasteiger partial charge in [0.25, 0.3) is 11.8 Å². The molecule has 0 saturated carbocycles. The fourth-order valence-electron chi connectivity index (χ4n) is 2.86. The summed E-state index contributed by atoms with van der Waals surface area (Å²) >= 11 is 3.32. The quantitative estimate of drug-likeness (QED) is 0.471. The molecule has 130 valence electrons. The van der Waals surface area contributed by atoms with Crippen molar-refractivity contribution in [3.63, 3.8) is 0 Å². The molecule has 0 N–H and O–H groups in total. The molecule has 1 aromatic heterocycles. The van der Waals surface area contributed by atoms with E-state index in [0.29, 0.717) is 23.4 Å². The second-order valence-corrected chi connectivity index (χ2v) is 7.83. The first-order valence-corrected chi connectivity index (χ1v) is 10.3. The molecule has 0 atom stereocenters. The summed E-state index contributed by atoms with van der Waals surface area (Å²) in [6, 6.07) is 17.1. The number of benzene rings is 2. The number of carbonyl (C=O) groups excluding carboxylic acids is 2. The normalized spacial score (nSPS) is 13.3. The van der Waals surface area contributed by atoms with E-state index in [4.69, 9.17) is 0 Å². The SMILES string of the molecule is O=C1c2ccccc2C(=O)N1CCSCc1csc(-c2ccccc2)n1. The van der Waals surface area contributed by atoms with Crippen molar-refractivity contribution in [3.8, 4) is 10.6 Å². The Bertz CT molecular complexity index is 918. The van der Waals surface area contributed by atoms with E-state index in [2.05, 4.69) is 22.5 Å². The number of thioether (sulfide) groups is 1. The smallest absolute Gasteiger partial charge is 0.261 e. The van der Waals surface area contributed by atoms with Crippen molar-refractivity contribution in [2.75, 3.05) is 12.3 Å². The Labute approximate surface area is 159 Å². The molecular weight excluding hydrogens is 364 g/mol. The van der Waals surface area contributed by atoms with Gasteiger partial charge < -0.3 is 0 Å². The topological polar surface area (TPSA) is 50.3 Å². The van der Waals surface area contributed by atoms with Gasteiger partial charge in [0, 0.05) is 29.0 Å². The zero-order valence-electron chi connectivity index (χ0n) is 13.9. The predicted octanol–water partition coefficient (Wildman–Crippen LogP) is 4.34. The number of amides is 2. The standard InChI is InChI=1S/C20H16N2O2S2/c23-19-16-8-4-5-9-17(16)20(24)22(19)10-11-25-12-15-13-26-18(21-15)14-6-2-1-3-7-14/h1-9,13H,10-12H2. The molecule has 0 unspecified atom stereocenters. The van der Waals surface area contributed by atoms with E-state index < -0.39 is 0 Å². The van der Waals surface area contributed by atoms with Crippen molar-refractivity contribution >= 4 is 34.9 Å². The fraction of sp³-hybridized carbons (Fsp3) is 0.150. The number of carbonyl (C=O) groups is 2. The molecule has 4 nitrogen and oxygen atoms in total. The Morgan fingerprint density at radius 3 is 2.27 bits per heavy atom. The van der Waals surface area contributed by atoms with Crippen LogP contribution in [0.15, 0.2) is 60.0 Å². The molecule has 1 aliphatic rings. The molecule has 0 fully saturated rings. The van der Waals surface area contributed by atoms with Crippen LogP contribution in [0, 0.1) is 0 Å². The van der Waals surface area contributed by atoms with Gasteiger partial charge in [-0.1, -0.05) is 42.5 Å². The Hall–Kier alpha value is -2.44. The fourth-order valence-corrected chi connectivity index (χ4v) is 4.61. The summed E-state index contributed by atoms with van der Waals surface area (Å²) in [5.74, 6) is 1.09. The van der Waals surface area contributed by atoms with Gasteiger partial charge in [0.05, 0.1) is 16.8 Å². The van der Waals surface area contributed by atoms with Gasteiger partial charge in [-0.2, -0.15) is 11.8 Å². The molecule has 3 aromatic rings. The molecule has 26 heavy (non-hydrogen) atoms. The van der Waals surface area contributed by atoms with Crippen LogP contribution in [0.5, 0.6) is 0 Å². The highest BCUT2D eigenvalue weighted by Gasteiger charge is 2.34. The van der Waals surface area contributed by atoms with Crippen molar-refractivity contribution in [2.24, 2.45) is 0 Å². The number of hydrogen-bond acceptors (Lipinski definition) is 5. The molecule has 0 radical (unpaired) electrons. The van der Waals surface area contributed by atoms with Crippen molar-refractivity contribution in [2.45, 2.75) is 5.75 Å². The number of fused-ring (bicyclic) bond motifs is 1. The van der Waals surface area contributed by atoms with Crippen LogP contribution in [0.2, 0.25) is 0 Å². The predicted molar refractivity (Wildman–Crippen MR) is 106 cm³/mol. The van der Waals surface area contributed by atoms with Crippen LogP contribution in [-0.2, 0) is 5.75 Å². The van der Waals surface area contributed by atoms with Crippen LogP contribution in [0.4, 0.5) is 0 Å². The highest BCUT2D eigenvalue weighted by atomic mass is 32.2. The van der Waals surface area contributed by atoms with E-state index in [0.717, 1.165) is 22.0 Å². The number of aromatic nitrogens is 1. The molecule has 2 aromatic carbocycles. The van der Waals surface area contributed by atoms with Crippen LogP contribution < -0.4 is 0 Å². The van der Waals surface area contributed by atoms with Crippen LogP contribution in [0.25, 0.3) is 10.6 Å². The minimum atomic E-state index is -0.189. The molecule has 2 heterocycles. The molecule has 1 aliphatic heterocycles. The van der Waals surface area contributed by atoms with E-state index in [1.165, 1.54) is 4.90 Å². The lowest BCUT2D eigenvalue weighted by atomic mass is 10.1. The van der Waals surface area contributed by atoms with Crippen LogP contribution in [0.1, 0.15) is 26.4 Å². The van der Waals surface area contributed by atoms with Gasteiger partial charge in [-0.15, -0.1) is 11.3 Å². The van der Waals surface area contributed by atoms with Gasteiger partial charge in [-0.3, -0.25) is 14.5 Å². The lowest BCUT2D eigenvalue weighted by molar-refractivity contribution is 0.0664. The Balaban J connectivity index is 1.31. The minimum Gasteiger partial charge on any atom is -0.274 e. The van der Waals surface area contributed by atoms with E-state index in [9.17, 15) is 9.59 Å². The summed E-state index contributed by atoms with van der Waals surface area (Å²) in [5.41, 5.74) is 3.17. The number of imide groups is 1. The maximum atomic E-state index is 12.3. The molecule has 0 aliphatic carbocycles. The second kappa shape index (κ2) is 7.43. The Morgan fingerprint density at radius 1 is 0.923 bits per heavy atom. The summed E-state index contributed by atoms with van der Waals surface area (Å²) < 4.78 is 0. The molecule has 6 heteroatoms. The number of hydrogen-bond donors (Lipinski definition) is 0. The molecule has 0 saturated heterocycles. The zero-order valence-corrected chi connectivity index (χ0v) is 15.6. The van der Waals surface area contributed by atoms with Crippen molar-refractivity contribution in [1.82, 2.24) is 9.88 Å². The minimum absolute atomic E-state index is 0.189. The molecule has 0 spiro atoms. The van der Waals surface area contributed by atoms with E-state index >= 15 is 0 Å². The first kappa shape index (κ1) is 17.0. The number of rotatable bonds is 6. The average Bonchev–Trinajstić information content (AvgIpc) is 3.25. The van der Waals surface area contributed by atoms with Gasteiger partial charge in [0.2, 0.25) is 0 Å². The average molecular weight is 380 g/mol. The number of nitrogens with zero attached hydrogens (tertiary/aromatic N) is 2. The molecule has 0 bridgehead atoms. The first-order chi connectivity index (χ1) is 12.7. The van der Waals surface area contributed by atoms with Gasteiger partial charge in [0.1, 0.15) is 5.01 Å². The van der Waals surface area contributed by atoms with Gasteiger partial charge in [-0.25, -0.2) is 4.98 Å². The van der Waals surface area contributed by atoms with Crippen LogP contribution in [-0.4, -0.2) is 34.0 Å². The highest BCUT2D eigenvalue weighted by Crippen LogP contribution is 2.26. The lowest BCUT2D eigenvalue weighted by Crippen LogP contribution is -2.31. The summed E-state index contributed by atoms with van der Waals surface area (Å²) in [4.78, 5) is 30.6. The van der Waals surface area contributed by atoms with E-state index in [-0.39, 0.29) is 11.8 Å².